The highest BCUT2D eigenvalue weighted by Crippen LogP contribution is 2.49. The van der Waals surface area contributed by atoms with Gasteiger partial charge in [-0.15, -0.1) is 0 Å². The van der Waals surface area contributed by atoms with E-state index in [1.54, 1.807) is 13.8 Å². The second kappa shape index (κ2) is 12.3. The molecule has 3 rings (SSSR count). The van der Waals surface area contributed by atoms with Crippen LogP contribution in [0, 0.1) is 0 Å². The monoisotopic (exact) mass is 502 g/mol. The van der Waals surface area contributed by atoms with Crippen LogP contribution in [0.15, 0.2) is 54.6 Å². The average Bonchev–Trinajstić information content (AvgIpc) is 2.85. The molecule has 0 spiro atoms. The lowest BCUT2D eigenvalue weighted by molar-refractivity contribution is -0.151. The quantitative estimate of drug-likeness (QED) is 0.328. The van der Waals surface area contributed by atoms with Crippen molar-refractivity contribution in [2.75, 3.05) is 19.5 Å². The first-order valence-corrected chi connectivity index (χ1v) is 13.7. The average molecular weight is 503 g/mol. The Balaban J connectivity index is 1.86. The van der Waals surface area contributed by atoms with Crippen molar-refractivity contribution in [3.8, 4) is 0 Å². The van der Waals surface area contributed by atoms with E-state index in [-0.39, 0.29) is 38.7 Å². The molecule has 0 radical (unpaired) electrons. The Bertz CT molecular complexity index is 1040. The van der Waals surface area contributed by atoms with Crippen LogP contribution in [0.5, 0.6) is 0 Å². The summed E-state index contributed by atoms with van der Waals surface area (Å²) in [6.45, 7) is 7.89. The van der Waals surface area contributed by atoms with E-state index in [1.165, 1.54) is 9.80 Å². The summed E-state index contributed by atoms with van der Waals surface area (Å²) in [6.07, 6.45) is 0.144. The lowest BCUT2D eigenvalue weighted by atomic mass is 9.94. The van der Waals surface area contributed by atoms with Crippen LogP contribution in [0.3, 0.4) is 0 Å². The highest BCUT2D eigenvalue weighted by atomic mass is 31.2. The van der Waals surface area contributed by atoms with Gasteiger partial charge in [0.05, 0.1) is 13.2 Å². The van der Waals surface area contributed by atoms with Gasteiger partial charge in [-0.25, -0.2) is 9.59 Å². The van der Waals surface area contributed by atoms with Gasteiger partial charge in [0, 0.05) is 19.0 Å². The van der Waals surface area contributed by atoms with Crippen molar-refractivity contribution in [1.29, 1.82) is 0 Å². The Morgan fingerprint density at radius 3 is 2.20 bits per heavy atom. The number of carbonyl (C=O) groups is 2. The molecule has 2 amide bonds. The number of rotatable bonds is 10. The molecule has 1 aliphatic rings. The molecule has 9 heteroatoms. The van der Waals surface area contributed by atoms with Gasteiger partial charge in [-0.05, 0) is 44.4 Å². The van der Waals surface area contributed by atoms with Gasteiger partial charge < -0.3 is 23.6 Å². The lowest BCUT2D eigenvalue weighted by Crippen LogP contribution is -2.55. The number of hydrogen-bond acceptors (Lipinski definition) is 6. The molecule has 1 aliphatic heterocycles. The molecule has 0 saturated heterocycles. The van der Waals surface area contributed by atoms with Crippen LogP contribution in [0.1, 0.15) is 44.4 Å². The fourth-order valence-electron chi connectivity index (χ4n) is 4.07. The number of benzene rings is 2. The molecule has 1 unspecified atom stereocenters. The SMILES string of the molecule is CCOP(=O)(CN(C(=O)N1Cc2ccccc2CC1C(=O)OCc1ccccc1)C(C)C)OCC. The summed E-state index contributed by atoms with van der Waals surface area (Å²) in [5, 5.41) is 0. The van der Waals surface area contributed by atoms with Gasteiger partial charge in [-0.1, -0.05) is 54.6 Å². The van der Waals surface area contributed by atoms with Gasteiger partial charge in [0.25, 0.3) is 0 Å². The summed E-state index contributed by atoms with van der Waals surface area (Å²) >= 11 is 0. The van der Waals surface area contributed by atoms with Crippen LogP contribution in [-0.2, 0) is 42.7 Å². The van der Waals surface area contributed by atoms with Crippen molar-refractivity contribution in [1.82, 2.24) is 9.80 Å². The normalized spacial score (nSPS) is 15.6. The van der Waals surface area contributed by atoms with Crippen molar-refractivity contribution < 1.29 is 27.9 Å². The second-order valence-electron chi connectivity index (χ2n) is 8.64. The Kier molecular flexibility index (Phi) is 9.49. The molecule has 8 nitrogen and oxygen atoms in total. The van der Waals surface area contributed by atoms with E-state index in [2.05, 4.69) is 0 Å². The maximum Gasteiger partial charge on any atom is 0.349 e. The van der Waals surface area contributed by atoms with E-state index < -0.39 is 25.6 Å². The lowest BCUT2D eigenvalue weighted by Gasteiger charge is -2.40. The van der Waals surface area contributed by atoms with Crippen molar-refractivity contribution in [3.63, 3.8) is 0 Å². The summed E-state index contributed by atoms with van der Waals surface area (Å²) in [5.74, 6) is -0.474. The van der Waals surface area contributed by atoms with Crippen LogP contribution >= 0.6 is 7.60 Å². The van der Waals surface area contributed by atoms with Crippen LogP contribution in [0.25, 0.3) is 0 Å². The van der Waals surface area contributed by atoms with Crippen LogP contribution in [0.4, 0.5) is 4.79 Å². The fraction of sp³-hybridized carbons (Fsp3) is 0.462. The minimum absolute atomic E-state index is 0.123. The summed E-state index contributed by atoms with van der Waals surface area (Å²) in [7, 11) is -3.53. The Labute approximate surface area is 207 Å². The number of ether oxygens (including phenoxy) is 1. The highest BCUT2D eigenvalue weighted by Gasteiger charge is 2.40. The molecule has 0 bridgehead atoms. The first-order chi connectivity index (χ1) is 16.8. The third kappa shape index (κ3) is 6.94. The number of esters is 1. The zero-order valence-electron chi connectivity index (χ0n) is 20.9. The number of amides is 2. The number of fused-ring (bicyclic) bond motifs is 1. The minimum Gasteiger partial charge on any atom is -0.459 e. The third-order valence-corrected chi connectivity index (χ3v) is 7.79. The van der Waals surface area contributed by atoms with Gasteiger partial charge in [0.15, 0.2) is 0 Å². The predicted molar refractivity (Wildman–Crippen MR) is 134 cm³/mol. The Hall–Kier alpha value is -2.67. The fourth-order valence-corrected chi connectivity index (χ4v) is 5.91. The maximum atomic E-state index is 13.8. The molecule has 2 aromatic carbocycles. The van der Waals surface area contributed by atoms with Gasteiger partial charge >= 0.3 is 19.6 Å². The minimum atomic E-state index is -3.53. The van der Waals surface area contributed by atoms with Gasteiger partial charge in [-0.2, -0.15) is 0 Å². The van der Waals surface area contributed by atoms with Crippen LogP contribution < -0.4 is 0 Å². The number of hydrogen-bond donors (Lipinski definition) is 0. The molecule has 0 aromatic heterocycles. The molecule has 0 N–H and O–H groups in total. The molecular weight excluding hydrogens is 467 g/mol. The zero-order valence-corrected chi connectivity index (χ0v) is 21.8. The van der Waals surface area contributed by atoms with E-state index in [9.17, 15) is 14.2 Å². The molecule has 190 valence electrons. The molecule has 0 aliphatic carbocycles. The van der Waals surface area contributed by atoms with E-state index >= 15 is 0 Å². The van der Waals surface area contributed by atoms with E-state index in [4.69, 9.17) is 13.8 Å². The van der Waals surface area contributed by atoms with Crippen molar-refractivity contribution in [2.45, 2.75) is 59.4 Å². The van der Waals surface area contributed by atoms with Crippen LogP contribution in [0.2, 0.25) is 0 Å². The largest absolute Gasteiger partial charge is 0.459 e. The Morgan fingerprint density at radius 1 is 1.00 bits per heavy atom. The number of carbonyl (C=O) groups excluding carboxylic acids is 2. The second-order valence-corrected chi connectivity index (χ2v) is 10.7. The van der Waals surface area contributed by atoms with Crippen LogP contribution in [-0.4, -0.2) is 53.4 Å². The summed E-state index contributed by atoms with van der Waals surface area (Å²) in [6, 6.07) is 15.7. The van der Waals surface area contributed by atoms with E-state index in [1.807, 2.05) is 68.4 Å². The summed E-state index contributed by atoms with van der Waals surface area (Å²) in [4.78, 5) is 30.0. The van der Waals surface area contributed by atoms with Crippen molar-refractivity contribution in [2.24, 2.45) is 0 Å². The van der Waals surface area contributed by atoms with Gasteiger partial charge in [0.2, 0.25) is 0 Å². The molecule has 1 atom stereocenters. The summed E-state index contributed by atoms with van der Waals surface area (Å²) in [5.41, 5.74) is 2.84. The standard InChI is InChI=1S/C26H35N2O6P/c1-5-33-35(31,34-6-2)19-28(20(3)4)26(30)27-17-23-15-11-10-14-22(23)16-24(27)25(29)32-18-21-12-8-7-9-13-21/h7-15,20,24H,5-6,16-19H2,1-4H3. The van der Waals surface area contributed by atoms with E-state index in [0.717, 1.165) is 16.7 Å². The number of nitrogens with zero attached hydrogens (tertiary/aromatic N) is 2. The van der Waals surface area contributed by atoms with Crippen molar-refractivity contribution in [3.05, 3.63) is 71.3 Å². The topological polar surface area (TPSA) is 85.4 Å². The molecular formula is C26H35N2O6P. The molecule has 0 saturated carbocycles. The smallest absolute Gasteiger partial charge is 0.349 e. The highest BCUT2D eigenvalue weighted by molar-refractivity contribution is 7.53. The first-order valence-electron chi connectivity index (χ1n) is 12.0. The van der Waals surface area contributed by atoms with Gasteiger partial charge in [-0.3, -0.25) is 4.57 Å². The number of urea groups is 1. The molecule has 35 heavy (non-hydrogen) atoms. The Morgan fingerprint density at radius 2 is 1.60 bits per heavy atom. The molecule has 1 heterocycles. The third-order valence-electron chi connectivity index (χ3n) is 5.84. The van der Waals surface area contributed by atoms with Crippen molar-refractivity contribution >= 4 is 19.6 Å². The zero-order chi connectivity index (χ0) is 25.4. The van der Waals surface area contributed by atoms with Gasteiger partial charge in [0.1, 0.15) is 18.9 Å². The maximum absolute atomic E-state index is 13.8. The first kappa shape index (κ1) is 26.9. The summed E-state index contributed by atoms with van der Waals surface area (Å²) < 4.78 is 29.7. The molecule has 0 fully saturated rings. The molecule has 2 aromatic rings. The van der Waals surface area contributed by atoms with E-state index in [0.29, 0.717) is 6.42 Å². The predicted octanol–water partition coefficient (Wildman–Crippen LogP) is 5.21.